The zero-order valence-electron chi connectivity index (χ0n) is 11.8. The normalized spacial score (nSPS) is 10.8. The number of fused-ring (bicyclic) bond motifs is 1. The van der Waals surface area contributed by atoms with Crippen LogP contribution < -0.4 is 10.9 Å². The van der Waals surface area contributed by atoms with Gasteiger partial charge in [-0.05, 0) is 65.3 Å². The van der Waals surface area contributed by atoms with Crippen molar-refractivity contribution in [3.63, 3.8) is 0 Å². The maximum atomic E-state index is 11.9. The van der Waals surface area contributed by atoms with Crippen molar-refractivity contribution in [2.45, 2.75) is 12.8 Å². The lowest BCUT2D eigenvalue weighted by molar-refractivity contribution is 0.861. The predicted molar refractivity (Wildman–Crippen MR) is 99.7 cm³/mol. The highest BCUT2D eigenvalue weighted by atomic mass is 127. The van der Waals surface area contributed by atoms with Crippen LogP contribution in [-0.4, -0.2) is 16.5 Å². The van der Waals surface area contributed by atoms with Crippen molar-refractivity contribution in [3.8, 4) is 0 Å². The van der Waals surface area contributed by atoms with Gasteiger partial charge in [0, 0.05) is 16.3 Å². The number of hydrogen-bond acceptors (Lipinski definition) is 5. The molecule has 1 aromatic carbocycles. The first-order valence-corrected chi connectivity index (χ1v) is 8.86. The molecule has 6 heteroatoms. The summed E-state index contributed by atoms with van der Waals surface area (Å²) in [7, 11) is 0. The zero-order chi connectivity index (χ0) is 15.4. The SMILES string of the molecule is O=c1nc(NCCCc2ccc(I)cc2)sc2ncccc12. The number of pyridine rings is 1. The summed E-state index contributed by atoms with van der Waals surface area (Å²) in [5, 5.41) is 4.44. The number of aryl methyl sites for hydroxylation is 1. The van der Waals surface area contributed by atoms with Crippen LogP contribution in [0.1, 0.15) is 12.0 Å². The fraction of sp³-hybridized carbons (Fsp3) is 0.188. The Morgan fingerprint density at radius 3 is 2.82 bits per heavy atom. The van der Waals surface area contributed by atoms with E-state index in [1.165, 1.54) is 20.5 Å². The zero-order valence-corrected chi connectivity index (χ0v) is 14.7. The van der Waals surface area contributed by atoms with Crippen LogP contribution in [0.25, 0.3) is 10.2 Å². The van der Waals surface area contributed by atoms with E-state index in [-0.39, 0.29) is 5.56 Å². The van der Waals surface area contributed by atoms with Crippen LogP contribution in [-0.2, 0) is 6.42 Å². The molecule has 0 amide bonds. The summed E-state index contributed by atoms with van der Waals surface area (Å²) < 4.78 is 1.25. The molecule has 0 saturated heterocycles. The summed E-state index contributed by atoms with van der Waals surface area (Å²) in [6, 6.07) is 12.1. The lowest BCUT2D eigenvalue weighted by Gasteiger charge is -2.05. The van der Waals surface area contributed by atoms with Gasteiger partial charge in [0.05, 0.1) is 5.39 Å². The molecule has 2 heterocycles. The van der Waals surface area contributed by atoms with E-state index in [4.69, 9.17) is 0 Å². The van der Waals surface area contributed by atoms with E-state index in [0.717, 1.165) is 24.2 Å². The van der Waals surface area contributed by atoms with E-state index in [1.54, 1.807) is 18.3 Å². The third-order valence-corrected chi connectivity index (χ3v) is 4.90. The minimum absolute atomic E-state index is 0.220. The average Bonchev–Trinajstić information content (AvgIpc) is 2.53. The second-order valence-electron chi connectivity index (χ2n) is 4.84. The van der Waals surface area contributed by atoms with Crippen LogP contribution in [0.5, 0.6) is 0 Å². The summed E-state index contributed by atoms with van der Waals surface area (Å²) in [5.41, 5.74) is 1.10. The molecule has 0 radical (unpaired) electrons. The van der Waals surface area contributed by atoms with Crippen molar-refractivity contribution in [1.29, 1.82) is 0 Å². The number of rotatable bonds is 5. The predicted octanol–water partition coefficient (Wildman–Crippen LogP) is 3.70. The van der Waals surface area contributed by atoms with Gasteiger partial charge in [-0.1, -0.05) is 23.5 Å². The molecule has 4 nitrogen and oxygen atoms in total. The van der Waals surface area contributed by atoms with Crippen LogP contribution in [0.2, 0.25) is 0 Å². The van der Waals surface area contributed by atoms with Gasteiger partial charge in [0.25, 0.3) is 5.56 Å². The molecule has 0 aliphatic heterocycles. The molecule has 112 valence electrons. The van der Waals surface area contributed by atoms with Crippen molar-refractivity contribution >= 4 is 49.3 Å². The van der Waals surface area contributed by atoms with E-state index in [1.807, 2.05) is 0 Å². The molecule has 0 unspecified atom stereocenters. The fourth-order valence-corrected chi connectivity index (χ4v) is 3.34. The number of aromatic nitrogens is 2. The number of nitrogens with zero attached hydrogens (tertiary/aromatic N) is 2. The Labute approximate surface area is 145 Å². The summed E-state index contributed by atoms with van der Waals surface area (Å²) in [6.45, 7) is 0.785. The minimum atomic E-state index is -0.220. The first-order chi connectivity index (χ1) is 10.7. The van der Waals surface area contributed by atoms with Crippen LogP contribution >= 0.6 is 33.9 Å². The van der Waals surface area contributed by atoms with Crippen molar-refractivity contribution in [2.24, 2.45) is 0 Å². The molecule has 1 N–H and O–H groups in total. The van der Waals surface area contributed by atoms with Gasteiger partial charge in [-0.2, -0.15) is 4.98 Å². The maximum Gasteiger partial charge on any atom is 0.282 e. The highest BCUT2D eigenvalue weighted by molar-refractivity contribution is 14.1. The van der Waals surface area contributed by atoms with Crippen molar-refractivity contribution < 1.29 is 0 Å². The molecule has 0 atom stereocenters. The summed E-state index contributed by atoms with van der Waals surface area (Å²) in [4.78, 5) is 20.9. The number of nitrogens with one attached hydrogen (secondary N) is 1. The Balaban J connectivity index is 1.60. The van der Waals surface area contributed by atoms with E-state index in [0.29, 0.717) is 10.5 Å². The van der Waals surface area contributed by atoms with Crippen LogP contribution in [0.3, 0.4) is 0 Å². The highest BCUT2D eigenvalue weighted by Crippen LogP contribution is 2.18. The molecule has 0 bridgehead atoms. The molecule has 0 saturated carbocycles. The minimum Gasteiger partial charge on any atom is -0.361 e. The maximum absolute atomic E-state index is 11.9. The second kappa shape index (κ2) is 7.15. The topological polar surface area (TPSA) is 54.9 Å². The van der Waals surface area contributed by atoms with Crippen molar-refractivity contribution in [1.82, 2.24) is 9.97 Å². The van der Waals surface area contributed by atoms with Crippen LogP contribution in [0.4, 0.5) is 5.13 Å². The first kappa shape index (κ1) is 15.4. The quantitative estimate of drug-likeness (QED) is 0.503. The monoisotopic (exact) mass is 423 g/mol. The molecule has 22 heavy (non-hydrogen) atoms. The summed E-state index contributed by atoms with van der Waals surface area (Å²) >= 11 is 3.72. The fourth-order valence-electron chi connectivity index (χ4n) is 2.12. The second-order valence-corrected chi connectivity index (χ2v) is 7.06. The number of hydrogen-bond donors (Lipinski definition) is 1. The molecular weight excluding hydrogens is 409 g/mol. The average molecular weight is 423 g/mol. The molecule has 0 aliphatic carbocycles. The largest absolute Gasteiger partial charge is 0.361 e. The van der Waals surface area contributed by atoms with Gasteiger partial charge in [0.1, 0.15) is 4.83 Å². The number of benzene rings is 1. The Hall–Kier alpha value is -1.54. The molecule has 0 spiro atoms. The lowest BCUT2D eigenvalue weighted by atomic mass is 10.1. The van der Waals surface area contributed by atoms with Crippen LogP contribution in [0, 0.1) is 3.57 Å². The van der Waals surface area contributed by atoms with Crippen molar-refractivity contribution in [2.75, 3.05) is 11.9 Å². The Bertz CT molecular complexity index is 833. The summed E-state index contributed by atoms with van der Waals surface area (Å²) in [6.07, 6.45) is 3.69. The number of anilines is 1. The Kier molecular flexibility index (Phi) is 4.99. The highest BCUT2D eigenvalue weighted by Gasteiger charge is 2.04. The van der Waals surface area contributed by atoms with Gasteiger partial charge in [0.15, 0.2) is 5.13 Å². The molecule has 0 aliphatic rings. The van der Waals surface area contributed by atoms with Gasteiger partial charge in [-0.3, -0.25) is 4.79 Å². The lowest BCUT2D eigenvalue weighted by Crippen LogP contribution is -2.11. The molecule has 3 rings (SSSR count). The standard InChI is InChI=1S/C16H14IN3OS/c17-12-7-5-11(6-8-12)3-1-10-19-16-20-14(21)13-4-2-9-18-15(13)22-16/h2,4-9H,1,3,10H2,(H,19,20,21). The third-order valence-electron chi connectivity index (χ3n) is 3.23. The molecular formula is C16H14IN3OS. The molecule has 3 aromatic rings. The Morgan fingerprint density at radius 1 is 1.18 bits per heavy atom. The molecule has 0 fully saturated rings. The Morgan fingerprint density at radius 2 is 2.00 bits per heavy atom. The van der Waals surface area contributed by atoms with E-state index < -0.39 is 0 Å². The van der Waals surface area contributed by atoms with Gasteiger partial charge in [-0.15, -0.1) is 0 Å². The van der Waals surface area contributed by atoms with E-state index in [9.17, 15) is 4.79 Å². The molecule has 2 aromatic heterocycles. The van der Waals surface area contributed by atoms with E-state index >= 15 is 0 Å². The van der Waals surface area contributed by atoms with E-state index in [2.05, 4.69) is 62.1 Å². The van der Waals surface area contributed by atoms with Crippen molar-refractivity contribution in [3.05, 3.63) is 62.1 Å². The first-order valence-electron chi connectivity index (χ1n) is 6.96. The third kappa shape index (κ3) is 3.80. The van der Waals surface area contributed by atoms with Gasteiger partial charge < -0.3 is 5.32 Å². The van der Waals surface area contributed by atoms with Crippen LogP contribution in [0.15, 0.2) is 47.4 Å². The van der Waals surface area contributed by atoms with Gasteiger partial charge in [0.2, 0.25) is 0 Å². The van der Waals surface area contributed by atoms with Gasteiger partial charge >= 0.3 is 0 Å². The summed E-state index contributed by atoms with van der Waals surface area (Å²) in [5.74, 6) is 0. The van der Waals surface area contributed by atoms with Gasteiger partial charge in [-0.25, -0.2) is 4.98 Å². The smallest absolute Gasteiger partial charge is 0.282 e. The number of halogens is 1.